The Hall–Kier alpha value is -0.610. The lowest BCUT2D eigenvalue weighted by molar-refractivity contribution is -0.138. The molecule has 0 aromatic heterocycles. The molecule has 0 radical (unpaired) electrons. The van der Waals surface area contributed by atoms with E-state index in [1.807, 2.05) is 0 Å². The van der Waals surface area contributed by atoms with Crippen LogP contribution >= 0.6 is 0 Å². The van der Waals surface area contributed by atoms with Crippen LogP contribution in [0.3, 0.4) is 0 Å². The van der Waals surface area contributed by atoms with Crippen molar-refractivity contribution < 1.29 is 4.79 Å². The van der Waals surface area contributed by atoms with Gasteiger partial charge in [-0.3, -0.25) is 15.1 Å². The fourth-order valence-electron chi connectivity index (χ4n) is 1.71. The van der Waals surface area contributed by atoms with Crippen LogP contribution < -0.4 is 10.7 Å². The van der Waals surface area contributed by atoms with E-state index < -0.39 is 0 Å². The van der Waals surface area contributed by atoms with Gasteiger partial charge in [0.05, 0.1) is 6.17 Å². The van der Waals surface area contributed by atoms with E-state index in [0.29, 0.717) is 12.5 Å². The van der Waals surface area contributed by atoms with E-state index in [9.17, 15) is 4.79 Å². The Labute approximate surface area is 65.9 Å². The maximum absolute atomic E-state index is 11.2. The highest BCUT2D eigenvalue weighted by Crippen LogP contribution is 2.15. The molecule has 0 bridgehead atoms. The summed E-state index contributed by atoms with van der Waals surface area (Å²) in [6.07, 6.45) is 1.88. The molecular weight excluding hydrogens is 142 g/mol. The van der Waals surface area contributed by atoms with E-state index in [-0.39, 0.29) is 12.1 Å². The Balaban J connectivity index is 2.09. The lowest BCUT2D eigenvalue weighted by Crippen LogP contribution is -2.54. The highest BCUT2D eigenvalue weighted by molar-refractivity contribution is 5.77. The first-order valence-electron chi connectivity index (χ1n) is 4.09. The van der Waals surface area contributed by atoms with Crippen molar-refractivity contribution in [2.45, 2.75) is 32.0 Å². The van der Waals surface area contributed by atoms with Gasteiger partial charge < -0.3 is 0 Å². The Morgan fingerprint density at radius 1 is 1.64 bits per heavy atom. The Morgan fingerprint density at radius 2 is 2.45 bits per heavy atom. The van der Waals surface area contributed by atoms with Crippen molar-refractivity contribution in [1.29, 1.82) is 0 Å². The van der Waals surface area contributed by atoms with Gasteiger partial charge in [-0.1, -0.05) is 0 Å². The van der Waals surface area contributed by atoms with Crippen LogP contribution in [0.5, 0.6) is 0 Å². The molecular formula is C7H13N3O. The number of rotatable bonds is 0. The second-order valence-corrected chi connectivity index (χ2v) is 3.25. The molecule has 2 atom stereocenters. The topological polar surface area (TPSA) is 44.4 Å². The van der Waals surface area contributed by atoms with Crippen LogP contribution in [-0.2, 0) is 4.79 Å². The highest BCUT2D eigenvalue weighted by atomic mass is 16.2. The minimum Gasteiger partial charge on any atom is -0.296 e. The number of nitrogens with zero attached hydrogens (tertiary/aromatic N) is 1. The highest BCUT2D eigenvalue weighted by Gasteiger charge is 2.34. The van der Waals surface area contributed by atoms with Crippen LogP contribution in [0.25, 0.3) is 0 Å². The van der Waals surface area contributed by atoms with Crippen LogP contribution in [-0.4, -0.2) is 29.7 Å². The lowest BCUT2D eigenvalue weighted by Gasteiger charge is -2.29. The van der Waals surface area contributed by atoms with Crippen molar-refractivity contribution in [3.05, 3.63) is 0 Å². The molecule has 0 spiro atoms. The molecule has 11 heavy (non-hydrogen) atoms. The average Bonchev–Trinajstić information content (AvgIpc) is 2.31. The van der Waals surface area contributed by atoms with Crippen molar-refractivity contribution in [3.8, 4) is 0 Å². The summed E-state index contributed by atoms with van der Waals surface area (Å²) < 4.78 is 0. The molecule has 2 unspecified atom stereocenters. The quantitative estimate of drug-likeness (QED) is 0.492. The van der Waals surface area contributed by atoms with Crippen molar-refractivity contribution in [2.24, 2.45) is 0 Å². The number of fused-ring (bicyclic) bond motifs is 1. The van der Waals surface area contributed by atoms with Gasteiger partial charge in [0, 0.05) is 19.0 Å². The molecule has 4 heteroatoms. The number of hydrazine groups is 1. The summed E-state index contributed by atoms with van der Waals surface area (Å²) in [7, 11) is 0. The number of hydrogen-bond acceptors (Lipinski definition) is 3. The van der Waals surface area contributed by atoms with Crippen LogP contribution in [0.1, 0.15) is 19.8 Å². The summed E-state index contributed by atoms with van der Waals surface area (Å²) in [4.78, 5) is 11.2. The second kappa shape index (κ2) is 2.46. The maximum atomic E-state index is 11.2. The van der Waals surface area contributed by atoms with Crippen molar-refractivity contribution >= 4 is 5.91 Å². The minimum absolute atomic E-state index is 0.220. The van der Waals surface area contributed by atoms with Crippen LogP contribution in [0.2, 0.25) is 0 Å². The SMILES string of the molecule is CC1CC2NCCC(=O)N2N1. The second-order valence-electron chi connectivity index (χ2n) is 3.25. The van der Waals surface area contributed by atoms with Crippen LogP contribution in [0.15, 0.2) is 0 Å². The Bertz CT molecular complexity index is 183. The van der Waals surface area contributed by atoms with Gasteiger partial charge in [0.25, 0.3) is 0 Å². The molecule has 0 saturated carbocycles. The van der Waals surface area contributed by atoms with Crippen LogP contribution in [0.4, 0.5) is 0 Å². The fraction of sp³-hybridized carbons (Fsp3) is 0.857. The summed E-state index contributed by atoms with van der Waals surface area (Å²) >= 11 is 0. The van der Waals surface area contributed by atoms with E-state index in [0.717, 1.165) is 13.0 Å². The molecule has 2 fully saturated rings. The first-order chi connectivity index (χ1) is 5.27. The largest absolute Gasteiger partial charge is 0.296 e. The van der Waals surface area contributed by atoms with Crippen molar-refractivity contribution in [1.82, 2.24) is 15.8 Å². The fourth-order valence-corrected chi connectivity index (χ4v) is 1.71. The molecule has 0 aromatic rings. The average molecular weight is 155 g/mol. The van der Waals surface area contributed by atoms with Gasteiger partial charge in [0.1, 0.15) is 0 Å². The molecule has 0 aliphatic carbocycles. The third-order valence-corrected chi connectivity index (χ3v) is 2.24. The van der Waals surface area contributed by atoms with Crippen molar-refractivity contribution in [2.75, 3.05) is 6.54 Å². The minimum atomic E-state index is 0.220. The number of carbonyl (C=O) groups excluding carboxylic acids is 1. The van der Waals surface area contributed by atoms with E-state index >= 15 is 0 Å². The molecule has 1 amide bonds. The molecule has 2 heterocycles. The predicted octanol–water partition coefficient (Wildman–Crippen LogP) is -0.569. The Morgan fingerprint density at radius 3 is 3.18 bits per heavy atom. The summed E-state index contributed by atoms with van der Waals surface area (Å²) in [6.45, 7) is 2.92. The number of hydrogen-bond donors (Lipinski definition) is 2. The molecule has 0 aromatic carbocycles. The predicted molar refractivity (Wildman–Crippen MR) is 40.5 cm³/mol. The van der Waals surface area contributed by atoms with Crippen LogP contribution in [0, 0.1) is 0 Å². The maximum Gasteiger partial charge on any atom is 0.239 e. The Kier molecular flexibility index (Phi) is 1.58. The van der Waals surface area contributed by atoms with Gasteiger partial charge >= 0.3 is 0 Å². The molecule has 2 N–H and O–H groups in total. The summed E-state index contributed by atoms with van der Waals surface area (Å²) in [5.74, 6) is 0.220. The van der Waals surface area contributed by atoms with Gasteiger partial charge in [0.15, 0.2) is 0 Å². The molecule has 2 rings (SSSR count). The van der Waals surface area contributed by atoms with E-state index in [4.69, 9.17) is 0 Å². The monoisotopic (exact) mass is 155 g/mol. The summed E-state index contributed by atoms with van der Waals surface area (Å²) in [5, 5.41) is 5.01. The third kappa shape index (κ3) is 1.12. The zero-order valence-electron chi connectivity index (χ0n) is 6.63. The van der Waals surface area contributed by atoms with E-state index in [2.05, 4.69) is 17.7 Å². The van der Waals surface area contributed by atoms with Gasteiger partial charge in [-0.2, -0.15) is 0 Å². The van der Waals surface area contributed by atoms with Gasteiger partial charge in [-0.25, -0.2) is 5.43 Å². The van der Waals surface area contributed by atoms with Gasteiger partial charge in [0.2, 0.25) is 5.91 Å². The normalized spacial score (nSPS) is 37.5. The first-order valence-corrected chi connectivity index (χ1v) is 4.09. The smallest absolute Gasteiger partial charge is 0.239 e. The molecule has 2 aliphatic heterocycles. The molecule has 2 aliphatic rings. The summed E-state index contributed by atoms with van der Waals surface area (Å²) in [5.41, 5.74) is 3.13. The third-order valence-electron chi connectivity index (χ3n) is 2.24. The zero-order chi connectivity index (χ0) is 7.84. The van der Waals surface area contributed by atoms with E-state index in [1.165, 1.54) is 0 Å². The molecule has 4 nitrogen and oxygen atoms in total. The standard InChI is InChI=1S/C7H13N3O/c1-5-4-6-8-3-2-7(11)10(6)9-5/h5-6,8-9H,2-4H2,1H3. The van der Waals surface area contributed by atoms with Crippen molar-refractivity contribution in [3.63, 3.8) is 0 Å². The number of carbonyl (C=O) groups is 1. The number of nitrogens with one attached hydrogen (secondary N) is 2. The molecule has 2 saturated heterocycles. The zero-order valence-corrected chi connectivity index (χ0v) is 6.63. The van der Waals surface area contributed by atoms with Gasteiger partial charge in [-0.05, 0) is 13.3 Å². The number of amides is 1. The van der Waals surface area contributed by atoms with Gasteiger partial charge in [-0.15, -0.1) is 0 Å². The first kappa shape index (κ1) is 7.06. The lowest BCUT2D eigenvalue weighted by atomic mass is 10.2. The van der Waals surface area contributed by atoms with E-state index in [1.54, 1.807) is 5.01 Å². The molecule has 62 valence electrons. The summed E-state index contributed by atoms with van der Waals surface area (Å²) in [6, 6.07) is 0.426.